The molecule has 1 unspecified atom stereocenters. The van der Waals surface area contributed by atoms with E-state index in [1.165, 1.54) is 42.4 Å². The zero-order valence-corrected chi connectivity index (χ0v) is 18.8. The van der Waals surface area contributed by atoms with E-state index < -0.39 is 17.7 Å². The molecule has 1 aliphatic heterocycles. The molecule has 2 heterocycles. The van der Waals surface area contributed by atoms with E-state index in [0.29, 0.717) is 22.0 Å². The molecule has 0 saturated carbocycles. The van der Waals surface area contributed by atoms with Crippen LogP contribution in [0.5, 0.6) is 0 Å². The first-order valence-corrected chi connectivity index (χ1v) is 10.6. The van der Waals surface area contributed by atoms with E-state index in [1.807, 2.05) is 0 Å². The number of nitrogens with zero attached hydrogens (tertiary/aromatic N) is 2. The number of Topliss-reactive ketones (excluding diaryl/α,β-unsaturated/α-hetero) is 1. The number of carbonyl (C=O) groups excluding carboxylic acids is 3. The van der Waals surface area contributed by atoms with Crippen molar-refractivity contribution in [3.8, 4) is 0 Å². The number of pyridine rings is 1. The molecule has 4 rings (SSSR count). The quantitative estimate of drug-likeness (QED) is 0.311. The summed E-state index contributed by atoms with van der Waals surface area (Å²) in [4.78, 5) is 42.8. The highest BCUT2D eigenvalue weighted by Crippen LogP contribution is 2.42. The maximum atomic E-state index is 13.1. The van der Waals surface area contributed by atoms with Crippen molar-refractivity contribution >= 4 is 57.9 Å². The topological polar surface area (TPSA) is 99.6 Å². The fourth-order valence-electron chi connectivity index (χ4n) is 3.67. The second kappa shape index (κ2) is 9.05. The number of hydrogen-bond donors (Lipinski definition) is 2. The van der Waals surface area contributed by atoms with Crippen molar-refractivity contribution in [2.75, 3.05) is 10.2 Å². The van der Waals surface area contributed by atoms with Crippen LogP contribution in [0.15, 0.2) is 72.6 Å². The lowest BCUT2D eigenvalue weighted by molar-refractivity contribution is -0.132. The van der Waals surface area contributed by atoms with Gasteiger partial charge in [0.15, 0.2) is 0 Å². The molecule has 3 aromatic rings. The Kier molecular flexibility index (Phi) is 6.18. The van der Waals surface area contributed by atoms with Crippen LogP contribution in [0.3, 0.4) is 0 Å². The molecule has 0 radical (unpaired) electrons. The summed E-state index contributed by atoms with van der Waals surface area (Å²) in [7, 11) is 0. The van der Waals surface area contributed by atoms with Crippen LogP contribution in [-0.2, 0) is 14.4 Å². The molecule has 1 aromatic heterocycles. The van der Waals surface area contributed by atoms with Gasteiger partial charge in [-0.25, -0.2) is 0 Å². The Morgan fingerprint density at radius 3 is 2.27 bits per heavy atom. The Bertz CT molecular complexity index is 1290. The van der Waals surface area contributed by atoms with Crippen molar-refractivity contribution < 1.29 is 19.5 Å². The molecule has 2 aromatic carbocycles. The summed E-state index contributed by atoms with van der Waals surface area (Å²) >= 11 is 12.1. The number of nitrogens with one attached hydrogen (secondary N) is 1. The Morgan fingerprint density at radius 1 is 1.00 bits per heavy atom. The van der Waals surface area contributed by atoms with Crippen molar-refractivity contribution in [1.82, 2.24) is 4.98 Å². The van der Waals surface area contributed by atoms with E-state index in [9.17, 15) is 19.5 Å². The van der Waals surface area contributed by atoms with Gasteiger partial charge in [0, 0.05) is 36.3 Å². The molecular formula is C24H17Cl2N3O4. The molecule has 0 spiro atoms. The maximum absolute atomic E-state index is 13.1. The second-order valence-corrected chi connectivity index (χ2v) is 8.12. The highest BCUT2D eigenvalue weighted by atomic mass is 35.5. The lowest BCUT2D eigenvalue weighted by Gasteiger charge is -2.25. The summed E-state index contributed by atoms with van der Waals surface area (Å²) < 4.78 is 0. The molecule has 166 valence electrons. The third-order valence-electron chi connectivity index (χ3n) is 5.13. The minimum Gasteiger partial charge on any atom is -0.507 e. The van der Waals surface area contributed by atoms with Crippen LogP contribution in [0.4, 0.5) is 11.4 Å². The Hall–Kier alpha value is -3.68. The van der Waals surface area contributed by atoms with Crippen molar-refractivity contribution in [3.05, 3.63) is 93.7 Å². The highest BCUT2D eigenvalue weighted by molar-refractivity contribution is 6.51. The first-order chi connectivity index (χ1) is 15.8. The molecule has 1 fully saturated rings. The van der Waals surface area contributed by atoms with Gasteiger partial charge >= 0.3 is 0 Å². The lowest BCUT2D eigenvalue weighted by Crippen LogP contribution is -2.29. The third kappa shape index (κ3) is 4.33. The maximum Gasteiger partial charge on any atom is 0.300 e. The van der Waals surface area contributed by atoms with Crippen LogP contribution in [0.25, 0.3) is 5.76 Å². The minimum absolute atomic E-state index is 0.0875. The molecule has 2 N–H and O–H groups in total. The van der Waals surface area contributed by atoms with Crippen LogP contribution in [0.1, 0.15) is 24.1 Å². The highest BCUT2D eigenvalue weighted by Gasteiger charge is 2.47. The Balaban J connectivity index is 1.87. The summed E-state index contributed by atoms with van der Waals surface area (Å²) in [5, 5.41) is 14.2. The predicted octanol–water partition coefficient (Wildman–Crippen LogP) is 4.97. The number of rotatable bonds is 4. The first-order valence-electron chi connectivity index (χ1n) is 9.82. The molecule has 0 bridgehead atoms. The average molecular weight is 482 g/mol. The standard InChI is InChI=1S/C24H17Cl2N3O4/c1-13(30)28-16-3-5-17(6-4-16)29-21(14-8-10-27-11-9-14)20(23(32)24(29)33)22(31)15-2-7-18(25)19(26)12-15/h2-12,21,31H,1H3,(H,28,30)/b22-20-. The number of aliphatic hydroxyl groups excluding tert-OH is 1. The average Bonchev–Trinajstić information content (AvgIpc) is 3.06. The third-order valence-corrected chi connectivity index (χ3v) is 5.86. The fourth-order valence-corrected chi connectivity index (χ4v) is 3.97. The lowest BCUT2D eigenvalue weighted by atomic mass is 9.96. The number of benzene rings is 2. The molecule has 7 nitrogen and oxygen atoms in total. The molecule has 1 saturated heterocycles. The molecule has 0 aliphatic carbocycles. The number of halogens is 2. The van der Waals surface area contributed by atoms with Crippen LogP contribution in [-0.4, -0.2) is 27.7 Å². The van der Waals surface area contributed by atoms with Gasteiger partial charge in [0.25, 0.3) is 11.7 Å². The monoisotopic (exact) mass is 481 g/mol. The molecule has 9 heteroatoms. The number of anilines is 2. The van der Waals surface area contributed by atoms with E-state index in [4.69, 9.17) is 23.2 Å². The number of amides is 2. The number of carbonyl (C=O) groups is 3. The van der Waals surface area contributed by atoms with Crippen LogP contribution >= 0.6 is 23.2 Å². The number of hydrogen-bond acceptors (Lipinski definition) is 5. The zero-order chi connectivity index (χ0) is 23.7. The summed E-state index contributed by atoms with van der Waals surface area (Å²) in [6.45, 7) is 1.39. The van der Waals surface area contributed by atoms with E-state index in [1.54, 1.807) is 36.4 Å². The molecule has 2 amide bonds. The van der Waals surface area contributed by atoms with Crippen LogP contribution < -0.4 is 10.2 Å². The SMILES string of the molecule is CC(=O)Nc1ccc(N2C(=O)C(=O)/C(=C(\O)c3ccc(Cl)c(Cl)c3)C2c2ccncc2)cc1. The smallest absolute Gasteiger partial charge is 0.300 e. The van der Waals surface area contributed by atoms with Crippen LogP contribution in [0.2, 0.25) is 10.0 Å². The summed E-state index contributed by atoms with van der Waals surface area (Å²) in [6, 6.07) is 13.3. The normalized spacial score (nSPS) is 17.3. The van der Waals surface area contributed by atoms with Gasteiger partial charge in [-0.15, -0.1) is 0 Å². The van der Waals surface area contributed by atoms with E-state index in [2.05, 4.69) is 10.3 Å². The van der Waals surface area contributed by atoms with Gasteiger partial charge in [-0.2, -0.15) is 0 Å². The van der Waals surface area contributed by atoms with E-state index in [0.717, 1.165) is 0 Å². The van der Waals surface area contributed by atoms with Crippen molar-refractivity contribution in [1.29, 1.82) is 0 Å². The second-order valence-electron chi connectivity index (χ2n) is 7.31. The Morgan fingerprint density at radius 2 is 1.67 bits per heavy atom. The zero-order valence-electron chi connectivity index (χ0n) is 17.3. The Labute approximate surface area is 199 Å². The van der Waals surface area contributed by atoms with Gasteiger partial charge in [0.2, 0.25) is 5.91 Å². The number of ketones is 1. The van der Waals surface area contributed by atoms with Gasteiger partial charge in [-0.1, -0.05) is 23.2 Å². The molecule has 33 heavy (non-hydrogen) atoms. The van der Waals surface area contributed by atoms with E-state index in [-0.39, 0.29) is 27.8 Å². The summed E-state index contributed by atoms with van der Waals surface area (Å²) in [5.74, 6) is -2.25. The van der Waals surface area contributed by atoms with Crippen molar-refractivity contribution in [2.24, 2.45) is 0 Å². The summed E-state index contributed by atoms with van der Waals surface area (Å²) in [5.41, 5.74) is 1.70. The van der Waals surface area contributed by atoms with Gasteiger partial charge in [-0.3, -0.25) is 24.3 Å². The van der Waals surface area contributed by atoms with Gasteiger partial charge < -0.3 is 10.4 Å². The summed E-state index contributed by atoms with van der Waals surface area (Å²) in [6.07, 6.45) is 3.07. The van der Waals surface area contributed by atoms with Gasteiger partial charge in [0.05, 0.1) is 21.7 Å². The predicted molar refractivity (Wildman–Crippen MR) is 126 cm³/mol. The number of aromatic nitrogens is 1. The fraction of sp³-hybridized carbons (Fsp3) is 0.0833. The van der Waals surface area contributed by atoms with Crippen molar-refractivity contribution in [3.63, 3.8) is 0 Å². The minimum atomic E-state index is -0.908. The van der Waals surface area contributed by atoms with Gasteiger partial charge in [-0.05, 0) is 60.2 Å². The molecule has 1 aliphatic rings. The molecule has 1 atom stereocenters. The van der Waals surface area contributed by atoms with Crippen molar-refractivity contribution in [2.45, 2.75) is 13.0 Å². The number of aliphatic hydroxyl groups is 1. The largest absolute Gasteiger partial charge is 0.507 e. The van der Waals surface area contributed by atoms with Gasteiger partial charge in [0.1, 0.15) is 5.76 Å². The molecular weight excluding hydrogens is 465 g/mol. The van der Waals surface area contributed by atoms with Crippen LogP contribution in [0, 0.1) is 0 Å². The first kappa shape index (κ1) is 22.5. The van der Waals surface area contributed by atoms with E-state index >= 15 is 0 Å².